The Morgan fingerprint density at radius 2 is 1.78 bits per heavy atom. The first kappa shape index (κ1) is 15.2. The van der Waals surface area contributed by atoms with Crippen LogP contribution in [0.15, 0.2) is 16.6 Å². The number of ether oxygens (including phenoxy) is 2. The Kier molecular flexibility index (Phi) is 5.87. The van der Waals surface area contributed by atoms with Gasteiger partial charge in [-0.15, -0.1) is 0 Å². The summed E-state index contributed by atoms with van der Waals surface area (Å²) < 4.78 is 11.0. The molecule has 0 amide bonds. The maximum Gasteiger partial charge on any atom is 0.161 e. The fourth-order valence-electron chi connectivity index (χ4n) is 1.62. The third-order valence-corrected chi connectivity index (χ3v) is 3.29. The van der Waals surface area contributed by atoms with Gasteiger partial charge in [0.2, 0.25) is 0 Å². The molecule has 1 aromatic carbocycles. The molecular formula is C12H18BrNO4. The fourth-order valence-corrected chi connectivity index (χ4v) is 2.18. The molecule has 0 aromatic heterocycles. The Hall–Kier alpha value is -0.820. The maximum absolute atomic E-state index is 10.1. The topological polar surface area (TPSA) is 71.0 Å². The second-order valence-electron chi connectivity index (χ2n) is 3.80. The molecule has 0 spiro atoms. The van der Waals surface area contributed by atoms with Crippen LogP contribution in [0.5, 0.6) is 11.5 Å². The Bertz CT molecular complexity index is 400. The lowest BCUT2D eigenvalue weighted by Gasteiger charge is -2.20. The van der Waals surface area contributed by atoms with Crippen molar-refractivity contribution in [2.45, 2.75) is 12.2 Å². The molecule has 102 valence electrons. The number of likely N-dealkylation sites (N-methyl/N-ethyl adjacent to an activating group) is 1. The summed E-state index contributed by atoms with van der Waals surface area (Å²) in [6.45, 7) is 0.294. The second-order valence-corrected chi connectivity index (χ2v) is 4.65. The highest BCUT2D eigenvalue weighted by Crippen LogP contribution is 2.36. The van der Waals surface area contributed by atoms with E-state index in [0.717, 1.165) is 0 Å². The van der Waals surface area contributed by atoms with Crippen LogP contribution >= 0.6 is 15.9 Å². The van der Waals surface area contributed by atoms with Crippen LogP contribution in [0, 0.1) is 0 Å². The van der Waals surface area contributed by atoms with E-state index in [4.69, 9.17) is 9.47 Å². The number of nitrogens with one attached hydrogen (secondary N) is 1. The molecule has 0 radical (unpaired) electrons. The van der Waals surface area contributed by atoms with Gasteiger partial charge in [0.05, 0.1) is 20.3 Å². The molecule has 18 heavy (non-hydrogen) atoms. The van der Waals surface area contributed by atoms with Crippen LogP contribution in [0.1, 0.15) is 11.7 Å². The van der Waals surface area contributed by atoms with E-state index in [-0.39, 0.29) is 0 Å². The zero-order chi connectivity index (χ0) is 13.7. The molecule has 2 atom stereocenters. The standard InChI is InChI=1S/C12H18BrNO4/c1-14-6-9(15)12(16)7-4-10(17-2)11(18-3)5-8(7)13/h4-5,9,12,14-16H,6H2,1-3H3. The maximum atomic E-state index is 10.1. The molecule has 3 N–H and O–H groups in total. The van der Waals surface area contributed by atoms with E-state index >= 15 is 0 Å². The molecular weight excluding hydrogens is 302 g/mol. The van der Waals surface area contributed by atoms with Gasteiger partial charge in [-0.05, 0) is 19.2 Å². The molecule has 0 bridgehead atoms. The summed E-state index contributed by atoms with van der Waals surface area (Å²) in [5.74, 6) is 1.06. The Morgan fingerprint density at radius 1 is 1.22 bits per heavy atom. The summed E-state index contributed by atoms with van der Waals surface area (Å²) in [6.07, 6.45) is -1.91. The van der Waals surface area contributed by atoms with Crippen molar-refractivity contribution in [3.05, 3.63) is 22.2 Å². The van der Waals surface area contributed by atoms with E-state index in [1.807, 2.05) is 0 Å². The average molecular weight is 320 g/mol. The molecule has 1 rings (SSSR count). The van der Waals surface area contributed by atoms with Crippen LogP contribution in [-0.4, -0.2) is 44.1 Å². The van der Waals surface area contributed by atoms with Gasteiger partial charge in [-0.1, -0.05) is 15.9 Å². The summed E-state index contributed by atoms with van der Waals surface area (Å²) in [4.78, 5) is 0. The molecule has 0 heterocycles. The van der Waals surface area contributed by atoms with Crippen LogP contribution in [-0.2, 0) is 0 Å². The molecule has 0 aliphatic rings. The Balaban J connectivity index is 3.08. The van der Waals surface area contributed by atoms with Crippen molar-refractivity contribution >= 4 is 15.9 Å². The predicted molar refractivity (Wildman–Crippen MR) is 72.1 cm³/mol. The van der Waals surface area contributed by atoms with Crippen molar-refractivity contribution in [2.75, 3.05) is 27.8 Å². The molecule has 5 nitrogen and oxygen atoms in total. The van der Waals surface area contributed by atoms with Gasteiger partial charge < -0.3 is 25.0 Å². The van der Waals surface area contributed by atoms with Gasteiger partial charge in [0.15, 0.2) is 11.5 Å². The van der Waals surface area contributed by atoms with Crippen molar-refractivity contribution in [3.8, 4) is 11.5 Å². The van der Waals surface area contributed by atoms with Crippen molar-refractivity contribution in [3.63, 3.8) is 0 Å². The number of aliphatic hydroxyl groups excluding tert-OH is 2. The van der Waals surface area contributed by atoms with E-state index in [9.17, 15) is 10.2 Å². The zero-order valence-corrected chi connectivity index (χ0v) is 12.2. The van der Waals surface area contributed by atoms with E-state index in [0.29, 0.717) is 28.1 Å². The molecule has 0 saturated heterocycles. The second kappa shape index (κ2) is 6.94. The first-order valence-electron chi connectivity index (χ1n) is 5.47. The molecule has 1 aromatic rings. The van der Waals surface area contributed by atoms with Crippen LogP contribution in [0.25, 0.3) is 0 Å². The Labute approximate surface area is 115 Å². The summed E-state index contributed by atoms with van der Waals surface area (Å²) in [6, 6.07) is 3.34. The number of hydrogen-bond donors (Lipinski definition) is 3. The van der Waals surface area contributed by atoms with Crippen molar-refractivity contribution < 1.29 is 19.7 Å². The number of aliphatic hydroxyl groups is 2. The summed E-state index contributed by atoms with van der Waals surface area (Å²) in [7, 11) is 4.77. The van der Waals surface area contributed by atoms with Gasteiger partial charge in [0, 0.05) is 16.6 Å². The first-order chi connectivity index (χ1) is 8.54. The number of benzene rings is 1. The molecule has 0 aliphatic heterocycles. The highest BCUT2D eigenvalue weighted by molar-refractivity contribution is 9.10. The van der Waals surface area contributed by atoms with Gasteiger partial charge in [-0.25, -0.2) is 0 Å². The van der Waals surface area contributed by atoms with E-state index in [1.54, 1.807) is 19.2 Å². The molecule has 0 saturated carbocycles. The van der Waals surface area contributed by atoms with E-state index in [1.165, 1.54) is 14.2 Å². The zero-order valence-electron chi connectivity index (χ0n) is 10.6. The fraction of sp³-hybridized carbons (Fsp3) is 0.500. The lowest BCUT2D eigenvalue weighted by Crippen LogP contribution is -2.29. The Morgan fingerprint density at radius 3 is 2.28 bits per heavy atom. The van der Waals surface area contributed by atoms with Gasteiger partial charge in [0.25, 0.3) is 0 Å². The normalized spacial score (nSPS) is 14.1. The van der Waals surface area contributed by atoms with E-state index < -0.39 is 12.2 Å². The van der Waals surface area contributed by atoms with Crippen molar-refractivity contribution in [1.82, 2.24) is 5.32 Å². The van der Waals surface area contributed by atoms with E-state index in [2.05, 4.69) is 21.2 Å². The van der Waals surface area contributed by atoms with Crippen LogP contribution in [0.4, 0.5) is 0 Å². The molecule has 0 fully saturated rings. The highest BCUT2D eigenvalue weighted by Gasteiger charge is 2.22. The largest absolute Gasteiger partial charge is 0.493 e. The molecule has 6 heteroatoms. The smallest absolute Gasteiger partial charge is 0.161 e. The van der Waals surface area contributed by atoms with Gasteiger partial charge >= 0.3 is 0 Å². The summed E-state index contributed by atoms with van der Waals surface area (Å²) in [5.41, 5.74) is 0.551. The van der Waals surface area contributed by atoms with Crippen LogP contribution < -0.4 is 14.8 Å². The number of halogens is 1. The van der Waals surface area contributed by atoms with Crippen LogP contribution in [0.3, 0.4) is 0 Å². The van der Waals surface area contributed by atoms with Crippen molar-refractivity contribution in [1.29, 1.82) is 0 Å². The average Bonchev–Trinajstić information content (AvgIpc) is 2.37. The summed E-state index contributed by atoms with van der Waals surface area (Å²) >= 11 is 3.34. The minimum atomic E-state index is -1.01. The number of hydrogen-bond acceptors (Lipinski definition) is 5. The lowest BCUT2D eigenvalue weighted by atomic mass is 10.0. The van der Waals surface area contributed by atoms with Gasteiger partial charge in [-0.3, -0.25) is 0 Å². The monoisotopic (exact) mass is 319 g/mol. The molecule has 0 aliphatic carbocycles. The highest BCUT2D eigenvalue weighted by atomic mass is 79.9. The lowest BCUT2D eigenvalue weighted by molar-refractivity contribution is 0.0197. The first-order valence-corrected chi connectivity index (χ1v) is 6.26. The number of methoxy groups -OCH3 is 2. The van der Waals surface area contributed by atoms with Gasteiger partial charge in [0.1, 0.15) is 6.10 Å². The summed E-state index contributed by atoms with van der Waals surface area (Å²) in [5, 5.41) is 22.7. The van der Waals surface area contributed by atoms with Crippen molar-refractivity contribution in [2.24, 2.45) is 0 Å². The quantitative estimate of drug-likeness (QED) is 0.732. The third kappa shape index (κ3) is 3.35. The SMILES string of the molecule is CNCC(O)C(O)c1cc(OC)c(OC)cc1Br. The predicted octanol–water partition coefficient (Wildman–Crippen LogP) is 1.08. The van der Waals surface area contributed by atoms with Crippen LogP contribution in [0.2, 0.25) is 0 Å². The third-order valence-electron chi connectivity index (χ3n) is 2.60. The van der Waals surface area contributed by atoms with Gasteiger partial charge in [-0.2, -0.15) is 0 Å². The minimum absolute atomic E-state index is 0.294. The minimum Gasteiger partial charge on any atom is -0.493 e. The number of rotatable bonds is 6. The molecule has 2 unspecified atom stereocenters.